The Kier molecular flexibility index (Phi) is 15.6. The molecule has 0 radical (unpaired) electrons. The van der Waals surface area contributed by atoms with E-state index in [1.54, 1.807) is 78.9 Å². The van der Waals surface area contributed by atoms with Gasteiger partial charge in [0, 0.05) is 32.1 Å². The molecule has 5 aromatic carbocycles. The van der Waals surface area contributed by atoms with Crippen LogP contribution >= 0.6 is 0 Å². The Hall–Kier alpha value is -6.67. The van der Waals surface area contributed by atoms with E-state index >= 15 is 0 Å². The third-order valence-electron chi connectivity index (χ3n) is 10.8. The third-order valence-corrected chi connectivity index (χ3v) is 10.8. The van der Waals surface area contributed by atoms with Crippen LogP contribution in [0.3, 0.4) is 0 Å². The van der Waals surface area contributed by atoms with Gasteiger partial charge in [-0.2, -0.15) is 13.2 Å². The molecule has 0 spiro atoms. The van der Waals surface area contributed by atoms with Gasteiger partial charge in [0.25, 0.3) is 0 Å². The van der Waals surface area contributed by atoms with Gasteiger partial charge in [0.2, 0.25) is 11.8 Å². The Morgan fingerprint density at radius 1 is 0.556 bits per heavy atom. The van der Waals surface area contributed by atoms with Crippen LogP contribution in [0.2, 0.25) is 0 Å². The highest BCUT2D eigenvalue weighted by Gasteiger charge is 2.63. The summed E-state index contributed by atoms with van der Waals surface area (Å²) < 4.78 is 54.2. The molecule has 0 aliphatic heterocycles. The van der Waals surface area contributed by atoms with Crippen LogP contribution in [-0.4, -0.2) is 69.5 Å². The van der Waals surface area contributed by atoms with E-state index in [1.165, 1.54) is 9.80 Å². The van der Waals surface area contributed by atoms with Crippen molar-refractivity contribution >= 4 is 23.7 Å². The molecule has 0 heterocycles. The van der Waals surface area contributed by atoms with Crippen molar-refractivity contribution in [3.05, 3.63) is 156 Å². The van der Waals surface area contributed by atoms with Gasteiger partial charge in [-0.15, -0.1) is 0 Å². The third kappa shape index (κ3) is 12.0. The molecular formula is C49H50F3N3O8. The Labute approximate surface area is 364 Å². The van der Waals surface area contributed by atoms with E-state index in [1.807, 2.05) is 74.5 Å². The number of aliphatic carboxylic acids is 1. The summed E-state index contributed by atoms with van der Waals surface area (Å²) in [7, 11) is 0. The first-order valence-corrected chi connectivity index (χ1v) is 20.9. The lowest BCUT2D eigenvalue weighted by Crippen LogP contribution is -2.65. The number of carboxylic acids is 1. The number of carboxylic acid groups (broad SMARTS) is 1. The van der Waals surface area contributed by atoms with E-state index in [4.69, 9.17) is 14.3 Å². The van der Waals surface area contributed by atoms with Gasteiger partial charge >= 0.3 is 18.1 Å². The van der Waals surface area contributed by atoms with E-state index in [0.29, 0.717) is 52.5 Å². The molecule has 330 valence electrons. The molecule has 0 bridgehead atoms. The number of para-hydroxylation sites is 2. The molecule has 0 saturated heterocycles. The number of benzene rings is 5. The molecule has 1 saturated carbocycles. The number of hydrogen-bond donors (Lipinski definition) is 1. The SMILES string of the molecule is CCCN(Cc1ccc(Oc2ccccc2)cc1)C(=O)C1C(CN(OCc2ccccc2)C(=O)C(F)(F)F)C(C(=O)O)C1C(=O)N(CCC)Cc1ccc(Oc2ccccc2)cc1. The molecule has 1 aliphatic rings. The van der Waals surface area contributed by atoms with Crippen molar-refractivity contribution in [1.29, 1.82) is 0 Å². The monoisotopic (exact) mass is 865 g/mol. The second-order valence-corrected chi connectivity index (χ2v) is 15.3. The van der Waals surface area contributed by atoms with Gasteiger partial charge in [0.15, 0.2) is 0 Å². The Bertz CT molecular complexity index is 2260. The van der Waals surface area contributed by atoms with Crippen LogP contribution in [0.5, 0.6) is 23.0 Å². The van der Waals surface area contributed by atoms with Gasteiger partial charge in [-0.1, -0.05) is 105 Å². The standard InChI is InChI=1S/C49H50F3N3O8/c1-3-28-53(30-34-20-24-39(25-21-34)62-37-16-10-6-11-17-37)45(56)42-41(32-55(48(60)49(50,51)52)61-33-36-14-8-5-9-15-36)43(47(58)59)44(42)46(57)54(29-4-2)31-35-22-26-40(27-23-35)63-38-18-12-7-13-19-38/h5-27,41-44H,3-4,28-33H2,1-2H3,(H,58,59). The average Bonchev–Trinajstić information content (AvgIpc) is 3.27. The van der Waals surface area contributed by atoms with Crippen LogP contribution in [-0.2, 0) is 43.7 Å². The van der Waals surface area contributed by atoms with Gasteiger partial charge in [-0.25, -0.2) is 5.06 Å². The zero-order valence-corrected chi connectivity index (χ0v) is 35.0. The Morgan fingerprint density at radius 2 is 0.968 bits per heavy atom. The molecule has 11 nitrogen and oxygen atoms in total. The van der Waals surface area contributed by atoms with Crippen LogP contribution in [0.1, 0.15) is 43.4 Å². The highest BCUT2D eigenvalue weighted by Crippen LogP contribution is 2.49. The fourth-order valence-electron chi connectivity index (χ4n) is 7.81. The van der Waals surface area contributed by atoms with Gasteiger partial charge in [0.1, 0.15) is 29.6 Å². The molecule has 3 amide bonds. The first-order valence-electron chi connectivity index (χ1n) is 20.9. The molecule has 1 fully saturated rings. The number of carbonyl (C=O) groups is 4. The fraction of sp³-hybridized carbons (Fsp3) is 0.306. The molecule has 63 heavy (non-hydrogen) atoms. The number of alkyl halides is 3. The quantitative estimate of drug-likeness (QED) is 0.0768. The van der Waals surface area contributed by atoms with Crippen molar-refractivity contribution in [2.45, 2.75) is 52.6 Å². The fourth-order valence-corrected chi connectivity index (χ4v) is 7.81. The Morgan fingerprint density at radius 3 is 1.38 bits per heavy atom. The molecule has 1 N–H and O–H groups in total. The van der Waals surface area contributed by atoms with E-state index in [2.05, 4.69) is 0 Å². The normalized spacial score (nSPS) is 16.9. The number of amides is 3. The number of ether oxygens (including phenoxy) is 2. The summed E-state index contributed by atoms with van der Waals surface area (Å²) in [6.45, 7) is 2.83. The second kappa shape index (κ2) is 21.4. The lowest BCUT2D eigenvalue weighted by molar-refractivity contribution is -0.243. The number of rotatable bonds is 20. The van der Waals surface area contributed by atoms with Crippen molar-refractivity contribution in [2.24, 2.45) is 23.7 Å². The summed E-state index contributed by atoms with van der Waals surface area (Å²) in [4.78, 5) is 64.3. The van der Waals surface area contributed by atoms with E-state index in [-0.39, 0.29) is 31.2 Å². The van der Waals surface area contributed by atoms with Crippen molar-refractivity contribution in [2.75, 3.05) is 19.6 Å². The van der Waals surface area contributed by atoms with Gasteiger partial charge in [-0.3, -0.25) is 24.0 Å². The Balaban J connectivity index is 1.31. The predicted octanol–water partition coefficient (Wildman–Crippen LogP) is 9.53. The minimum atomic E-state index is -5.39. The first-order chi connectivity index (χ1) is 30.4. The number of hydrogen-bond acceptors (Lipinski definition) is 7. The molecule has 0 aromatic heterocycles. The smallest absolute Gasteiger partial charge is 0.473 e. The van der Waals surface area contributed by atoms with Crippen molar-refractivity contribution < 1.29 is 51.8 Å². The maximum absolute atomic E-state index is 14.9. The first kappa shape index (κ1) is 45.8. The summed E-state index contributed by atoms with van der Waals surface area (Å²) in [5.41, 5.74) is 1.84. The summed E-state index contributed by atoms with van der Waals surface area (Å²) >= 11 is 0. The van der Waals surface area contributed by atoms with Crippen molar-refractivity contribution in [3.63, 3.8) is 0 Å². The minimum Gasteiger partial charge on any atom is -0.481 e. The minimum absolute atomic E-state index is 0.0476. The lowest BCUT2D eigenvalue weighted by atomic mass is 9.55. The zero-order chi connectivity index (χ0) is 44.9. The van der Waals surface area contributed by atoms with Crippen LogP contribution in [0.15, 0.2) is 140 Å². The van der Waals surface area contributed by atoms with Crippen molar-refractivity contribution in [3.8, 4) is 23.0 Å². The number of hydroxylamine groups is 2. The topological polar surface area (TPSA) is 126 Å². The van der Waals surface area contributed by atoms with Crippen molar-refractivity contribution in [1.82, 2.24) is 14.9 Å². The molecule has 5 aromatic rings. The maximum Gasteiger partial charge on any atom is 0.473 e. The lowest BCUT2D eigenvalue weighted by Gasteiger charge is -2.51. The van der Waals surface area contributed by atoms with Gasteiger partial charge < -0.3 is 24.4 Å². The maximum atomic E-state index is 14.9. The zero-order valence-electron chi connectivity index (χ0n) is 35.0. The highest BCUT2D eigenvalue weighted by molar-refractivity contribution is 5.95. The van der Waals surface area contributed by atoms with Crippen LogP contribution in [0.4, 0.5) is 13.2 Å². The largest absolute Gasteiger partial charge is 0.481 e. The number of nitrogens with zero attached hydrogens (tertiary/aromatic N) is 3. The van der Waals surface area contributed by atoms with Gasteiger partial charge in [0.05, 0.1) is 24.3 Å². The van der Waals surface area contributed by atoms with Crippen LogP contribution in [0.25, 0.3) is 0 Å². The molecule has 6 rings (SSSR count). The van der Waals surface area contributed by atoms with E-state index in [0.717, 1.165) is 0 Å². The molecule has 1 aliphatic carbocycles. The number of halogens is 3. The van der Waals surface area contributed by atoms with E-state index in [9.17, 15) is 37.5 Å². The highest BCUT2D eigenvalue weighted by atomic mass is 19.4. The molecule has 4 atom stereocenters. The summed E-state index contributed by atoms with van der Waals surface area (Å²) in [6.07, 6.45) is -4.43. The average molecular weight is 866 g/mol. The number of carbonyl (C=O) groups excluding carboxylic acids is 3. The molecule has 14 heteroatoms. The van der Waals surface area contributed by atoms with Gasteiger partial charge in [-0.05, 0) is 78.1 Å². The summed E-state index contributed by atoms with van der Waals surface area (Å²) in [6, 6.07) is 40.6. The molecule has 4 unspecified atom stereocenters. The summed E-state index contributed by atoms with van der Waals surface area (Å²) in [5.74, 6) is -8.69. The van der Waals surface area contributed by atoms with Crippen LogP contribution in [0, 0.1) is 23.7 Å². The summed E-state index contributed by atoms with van der Waals surface area (Å²) in [5, 5.41) is 10.8. The predicted molar refractivity (Wildman–Crippen MR) is 228 cm³/mol. The van der Waals surface area contributed by atoms with Crippen LogP contribution < -0.4 is 9.47 Å². The second-order valence-electron chi connectivity index (χ2n) is 15.3. The van der Waals surface area contributed by atoms with E-state index < -0.39 is 66.7 Å². The molecular weight excluding hydrogens is 816 g/mol.